The van der Waals surface area contributed by atoms with Gasteiger partial charge in [0.25, 0.3) is 0 Å². The molecule has 4 atom stereocenters. The van der Waals surface area contributed by atoms with Crippen molar-refractivity contribution in [2.24, 2.45) is 17.8 Å². The molecule has 120 valence electrons. The third-order valence-electron chi connectivity index (χ3n) is 4.36. The molecule has 0 heterocycles. The zero-order chi connectivity index (χ0) is 15.2. The summed E-state index contributed by atoms with van der Waals surface area (Å²) in [6.07, 6.45) is 6.54. The standard InChI is InChI=1S/C14H29NO3S2/c1-4-13(14-7-5-6-11(2)8-14)9-15-12(3)10-19-20(16,17)18/h11-15H,4-10H2,1-3H3,(H,16,17,18). The minimum Gasteiger partial charge on any atom is -0.313 e. The second-order valence-electron chi connectivity index (χ2n) is 6.22. The molecule has 1 rings (SSSR count). The van der Waals surface area contributed by atoms with Gasteiger partial charge in [0.1, 0.15) is 0 Å². The van der Waals surface area contributed by atoms with Gasteiger partial charge in [0.15, 0.2) is 0 Å². The lowest BCUT2D eigenvalue weighted by molar-refractivity contribution is 0.193. The van der Waals surface area contributed by atoms with E-state index in [9.17, 15) is 8.42 Å². The summed E-state index contributed by atoms with van der Waals surface area (Å²) < 4.78 is 30.1. The van der Waals surface area contributed by atoms with Crippen molar-refractivity contribution in [3.05, 3.63) is 0 Å². The van der Waals surface area contributed by atoms with E-state index >= 15 is 0 Å². The fraction of sp³-hybridized carbons (Fsp3) is 1.00. The van der Waals surface area contributed by atoms with Crippen LogP contribution in [0.5, 0.6) is 0 Å². The van der Waals surface area contributed by atoms with Crippen molar-refractivity contribution in [2.45, 2.75) is 58.9 Å². The second kappa shape index (κ2) is 8.61. The molecule has 1 saturated carbocycles. The monoisotopic (exact) mass is 323 g/mol. The van der Waals surface area contributed by atoms with E-state index in [1.54, 1.807) is 0 Å². The normalized spacial score (nSPS) is 27.2. The van der Waals surface area contributed by atoms with Gasteiger partial charge in [-0.3, -0.25) is 4.55 Å². The van der Waals surface area contributed by atoms with Crippen LogP contribution in [0.2, 0.25) is 0 Å². The fourth-order valence-electron chi connectivity index (χ4n) is 3.15. The summed E-state index contributed by atoms with van der Waals surface area (Å²) in [5.74, 6) is 2.71. The first-order chi connectivity index (χ1) is 9.31. The third-order valence-corrected chi connectivity index (χ3v) is 6.60. The van der Waals surface area contributed by atoms with Crippen LogP contribution < -0.4 is 5.32 Å². The van der Waals surface area contributed by atoms with Crippen LogP contribution in [0, 0.1) is 17.8 Å². The zero-order valence-corrected chi connectivity index (χ0v) is 14.5. The molecule has 2 N–H and O–H groups in total. The molecule has 20 heavy (non-hydrogen) atoms. The maximum absolute atomic E-state index is 10.7. The lowest BCUT2D eigenvalue weighted by atomic mass is 9.75. The Balaban J connectivity index is 2.33. The van der Waals surface area contributed by atoms with Gasteiger partial charge in [0.2, 0.25) is 0 Å². The lowest BCUT2D eigenvalue weighted by Crippen LogP contribution is -2.36. The molecule has 1 aliphatic carbocycles. The summed E-state index contributed by atoms with van der Waals surface area (Å²) in [5.41, 5.74) is 0. The van der Waals surface area contributed by atoms with Gasteiger partial charge < -0.3 is 5.32 Å². The molecular formula is C14H29NO3S2. The molecule has 0 aromatic rings. The maximum Gasteiger partial charge on any atom is 0.319 e. The number of rotatable bonds is 8. The average molecular weight is 324 g/mol. The van der Waals surface area contributed by atoms with Gasteiger partial charge in [0, 0.05) is 11.8 Å². The molecule has 6 heteroatoms. The first-order valence-corrected chi connectivity index (χ1v) is 10.6. The van der Waals surface area contributed by atoms with Crippen LogP contribution in [0.25, 0.3) is 0 Å². The van der Waals surface area contributed by atoms with Crippen molar-refractivity contribution < 1.29 is 13.0 Å². The largest absolute Gasteiger partial charge is 0.319 e. The van der Waals surface area contributed by atoms with Crippen LogP contribution >= 0.6 is 10.8 Å². The summed E-state index contributed by atoms with van der Waals surface area (Å²) in [6, 6.07) is 0.0944. The Bertz CT molecular complexity index is 373. The maximum atomic E-state index is 10.7. The van der Waals surface area contributed by atoms with Crippen molar-refractivity contribution in [3.8, 4) is 0 Å². The molecular weight excluding hydrogens is 294 g/mol. The number of nitrogens with one attached hydrogen (secondary N) is 1. The molecule has 0 spiro atoms. The second-order valence-corrected chi connectivity index (χ2v) is 9.62. The first-order valence-electron chi connectivity index (χ1n) is 7.67. The van der Waals surface area contributed by atoms with Crippen molar-refractivity contribution in [3.63, 3.8) is 0 Å². The molecule has 0 bridgehead atoms. The summed E-state index contributed by atoms with van der Waals surface area (Å²) in [5, 5.41) is 3.42. The lowest BCUT2D eigenvalue weighted by Gasteiger charge is -2.33. The van der Waals surface area contributed by atoms with Crippen LogP contribution in [0.1, 0.15) is 52.9 Å². The molecule has 4 unspecified atom stereocenters. The first kappa shape index (κ1) is 18.3. The van der Waals surface area contributed by atoms with Gasteiger partial charge in [-0.25, -0.2) is 0 Å². The van der Waals surface area contributed by atoms with Gasteiger partial charge in [-0.15, -0.1) is 0 Å². The van der Waals surface area contributed by atoms with Gasteiger partial charge in [-0.1, -0.05) is 39.5 Å². The van der Waals surface area contributed by atoms with E-state index in [0.717, 1.165) is 18.4 Å². The molecule has 0 aliphatic heterocycles. The Morgan fingerprint density at radius 3 is 2.65 bits per heavy atom. The van der Waals surface area contributed by atoms with E-state index in [1.165, 1.54) is 32.1 Å². The van der Waals surface area contributed by atoms with E-state index < -0.39 is 9.15 Å². The van der Waals surface area contributed by atoms with Crippen molar-refractivity contribution >= 4 is 19.9 Å². The number of hydrogen-bond donors (Lipinski definition) is 2. The Hall–Kier alpha value is 0.220. The SMILES string of the molecule is CCC(CNC(C)CSS(=O)(=O)O)C1CCCC(C)C1. The predicted octanol–water partition coefficient (Wildman–Crippen LogP) is 3.35. The molecule has 4 nitrogen and oxygen atoms in total. The van der Waals surface area contributed by atoms with Gasteiger partial charge in [-0.05, 0) is 48.4 Å². The topological polar surface area (TPSA) is 66.4 Å². The van der Waals surface area contributed by atoms with E-state index in [-0.39, 0.29) is 6.04 Å². The quantitative estimate of drug-likeness (QED) is 0.529. The van der Waals surface area contributed by atoms with Crippen LogP contribution in [0.15, 0.2) is 0 Å². The molecule has 0 saturated heterocycles. The average Bonchev–Trinajstić information content (AvgIpc) is 2.36. The van der Waals surface area contributed by atoms with Crippen molar-refractivity contribution in [2.75, 3.05) is 12.3 Å². The van der Waals surface area contributed by atoms with E-state index in [4.69, 9.17) is 4.55 Å². The highest BCUT2D eigenvalue weighted by Crippen LogP contribution is 2.34. The number of hydrogen-bond acceptors (Lipinski definition) is 4. The van der Waals surface area contributed by atoms with Crippen molar-refractivity contribution in [1.82, 2.24) is 5.32 Å². The molecule has 0 amide bonds. The van der Waals surface area contributed by atoms with Crippen LogP contribution in [0.4, 0.5) is 0 Å². The minimum atomic E-state index is -3.91. The van der Waals surface area contributed by atoms with E-state index in [2.05, 4.69) is 19.2 Å². The van der Waals surface area contributed by atoms with E-state index in [0.29, 0.717) is 22.5 Å². The van der Waals surface area contributed by atoms with Crippen LogP contribution in [0.3, 0.4) is 0 Å². The summed E-state index contributed by atoms with van der Waals surface area (Å²) in [6.45, 7) is 7.50. The molecule has 0 aromatic heterocycles. The van der Waals surface area contributed by atoms with Crippen LogP contribution in [-0.4, -0.2) is 31.3 Å². The Kier molecular flexibility index (Phi) is 7.87. The smallest absolute Gasteiger partial charge is 0.313 e. The highest BCUT2D eigenvalue weighted by Gasteiger charge is 2.25. The zero-order valence-electron chi connectivity index (χ0n) is 12.8. The molecule has 0 radical (unpaired) electrons. The van der Waals surface area contributed by atoms with Gasteiger partial charge >= 0.3 is 9.15 Å². The molecule has 1 fully saturated rings. The summed E-state index contributed by atoms with van der Waals surface area (Å²) in [7, 11) is -3.31. The highest BCUT2D eigenvalue weighted by molar-refractivity contribution is 8.69. The Morgan fingerprint density at radius 2 is 2.10 bits per heavy atom. The van der Waals surface area contributed by atoms with Crippen molar-refractivity contribution in [1.29, 1.82) is 0 Å². The Morgan fingerprint density at radius 1 is 1.40 bits per heavy atom. The molecule has 0 aromatic carbocycles. The third kappa shape index (κ3) is 7.29. The van der Waals surface area contributed by atoms with E-state index in [1.807, 2.05) is 6.92 Å². The molecule has 1 aliphatic rings. The fourth-order valence-corrected chi connectivity index (χ4v) is 4.78. The summed E-state index contributed by atoms with van der Waals surface area (Å²) in [4.78, 5) is 0. The predicted molar refractivity (Wildman–Crippen MR) is 86.4 cm³/mol. The highest BCUT2D eigenvalue weighted by atomic mass is 33.1. The van der Waals surface area contributed by atoms with Gasteiger partial charge in [-0.2, -0.15) is 8.42 Å². The van der Waals surface area contributed by atoms with Crippen LogP contribution in [-0.2, 0) is 9.15 Å². The summed E-state index contributed by atoms with van der Waals surface area (Å²) >= 11 is 0. The Labute approximate surface area is 127 Å². The minimum absolute atomic E-state index is 0.0944. The van der Waals surface area contributed by atoms with Gasteiger partial charge in [0.05, 0.1) is 0 Å².